The molecule has 13 heavy (non-hydrogen) atoms. The predicted octanol–water partition coefficient (Wildman–Crippen LogP) is 3.76. The van der Waals surface area contributed by atoms with Gasteiger partial charge in [0, 0.05) is 0 Å². The molecule has 0 bridgehead atoms. The third kappa shape index (κ3) is 2.28. The molecule has 0 radical (unpaired) electrons. The van der Waals surface area contributed by atoms with Crippen LogP contribution in [-0.4, -0.2) is 0 Å². The highest BCUT2D eigenvalue weighted by Gasteiger charge is 2.03. The first kappa shape index (κ1) is 9.72. The zero-order valence-corrected chi connectivity index (χ0v) is 7.76. The summed E-state index contributed by atoms with van der Waals surface area (Å²) in [5.74, 6) is -0.0458. The van der Waals surface area contributed by atoms with Gasteiger partial charge >= 0.3 is 0 Å². The second-order valence-corrected chi connectivity index (χ2v) is 3.05. The lowest BCUT2D eigenvalue weighted by Crippen LogP contribution is -1.91. The number of rotatable bonds is 3. The minimum Gasteiger partial charge on any atom is -0.207 e. The van der Waals surface area contributed by atoms with Crippen LogP contribution in [0.15, 0.2) is 37.4 Å². The van der Waals surface area contributed by atoms with E-state index in [0.29, 0.717) is 0 Å². The Hall–Kier alpha value is -1.37. The van der Waals surface area contributed by atoms with Crippen LogP contribution in [0.4, 0.5) is 4.39 Å². The summed E-state index contributed by atoms with van der Waals surface area (Å²) in [7, 11) is 0. The molecule has 1 unspecified atom stereocenters. The van der Waals surface area contributed by atoms with Crippen LogP contribution in [0.2, 0.25) is 0 Å². The molecule has 1 atom stereocenters. The van der Waals surface area contributed by atoms with E-state index in [0.717, 1.165) is 11.1 Å². The molecule has 0 aliphatic heterocycles. The van der Waals surface area contributed by atoms with Gasteiger partial charge in [-0.3, -0.25) is 0 Å². The van der Waals surface area contributed by atoms with Crippen LogP contribution < -0.4 is 0 Å². The van der Waals surface area contributed by atoms with Gasteiger partial charge in [0.2, 0.25) is 0 Å². The van der Waals surface area contributed by atoms with Crippen molar-refractivity contribution in [1.29, 1.82) is 0 Å². The van der Waals surface area contributed by atoms with E-state index in [9.17, 15) is 4.39 Å². The van der Waals surface area contributed by atoms with Gasteiger partial charge in [-0.05, 0) is 29.2 Å². The van der Waals surface area contributed by atoms with Crippen LogP contribution >= 0.6 is 0 Å². The van der Waals surface area contributed by atoms with E-state index >= 15 is 0 Å². The van der Waals surface area contributed by atoms with Gasteiger partial charge in [0.25, 0.3) is 0 Å². The van der Waals surface area contributed by atoms with Crippen molar-refractivity contribution in [2.45, 2.75) is 12.8 Å². The zero-order valence-electron chi connectivity index (χ0n) is 7.76. The lowest BCUT2D eigenvalue weighted by Gasteiger charge is -2.07. The quantitative estimate of drug-likeness (QED) is 0.615. The van der Waals surface area contributed by atoms with Crippen molar-refractivity contribution in [3.8, 4) is 0 Å². The van der Waals surface area contributed by atoms with Crippen LogP contribution in [0.5, 0.6) is 0 Å². The molecule has 0 fully saturated rings. The predicted molar refractivity (Wildman–Crippen MR) is 55.1 cm³/mol. The van der Waals surface area contributed by atoms with E-state index in [1.54, 1.807) is 12.2 Å². The van der Waals surface area contributed by atoms with Gasteiger partial charge in [-0.1, -0.05) is 31.7 Å². The Morgan fingerprint density at radius 1 is 1.31 bits per heavy atom. The first-order chi connectivity index (χ1) is 6.17. The Morgan fingerprint density at radius 2 is 2.00 bits per heavy atom. The molecule has 68 valence electrons. The monoisotopic (exact) mass is 176 g/mol. The molecular formula is C12H13F. The highest BCUT2D eigenvalue weighted by molar-refractivity contribution is 5.49. The van der Waals surface area contributed by atoms with Gasteiger partial charge in [0.1, 0.15) is 5.82 Å². The summed E-state index contributed by atoms with van der Waals surface area (Å²) in [4.78, 5) is 0. The second-order valence-electron chi connectivity index (χ2n) is 3.05. The van der Waals surface area contributed by atoms with E-state index in [2.05, 4.69) is 13.2 Å². The van der Waals surface area contributed by atoms with Crippen LogP contribution in [0.1, 0.15) is 24.0 Å². The lowest BCUT2D eigenvalue weighted by molar-refractivity contribution is 0.624. The fourth-order valence-electron chi connectivity index (χ4n) is 1.15. The number of benzene rings is 1. The van der Waals surface area contributed by atoms with Crippen molar-refractivity contribution < 1.29 is 4.39 Å². The maximum atomic E-state index is 13.0. The van der Waals surface area contributed by atoms with E-state index in [4.69, 9.17) is 0 Å². The average Bonchev–Trinajstić information content (AvgIpc) is 2.15. The SMILES string of the molecule is C=Cc1cc(F)cc(C(C)C=C)c1. The van der Waals surface area contributed by atoms with Crippen molar-refractivity contribution in [2.24, 2.45) is 0 Å². The van der Waals surface area contributed by atoms with Crippen LogP contribution in [0.3, 0.4) is 0 Å². The number of hydrogen-bond donors (Lipinski definition) is 0. The van der Waals surface area contributed by atoms with Crippen LogP contribution in [-0.2, 0) is 0 Å². The Morgan fingerprint density at radius 3 is 2.54 bits per heavy atom. The molecule has 1 rings (SSSR count). The minimum atomic E-state index is -0.221. The van der Waals surface area contributed by atoms with Crippen molar-refractivity contribution in [3.05, 3.63) is 54.4 Å². The maximum absolute atomic E-state index is 13.0. The normalized spacial score (nSPS) is 12.2. The van der Waals surface area contributed by atoms with Gasteiger partial charge in [-0.2, -0.15) is 0 Å². The summed E-state index contributed by atoms with van der Waals surface area (Å²) in [6.07, 6.45) is 3.43. The summed E-state index contributed by atoms with van der Waals surface area (Å²) >= 11 is 0. The molecule has 1 heteroatoms. The van der Waals surface area contributed by atoms with Crippen molar-refractivity contribution in [3.63, 3.8) is 0 Å². The lowest BCUT2D eigenvalue weighted by atomic mass is 9.99. The molecule has 0 saturated heterocycles. The first-order valence-corrected chi connectivity index (χ1v) is 4.23. The Bertz CT molecular complexity index is 326. The minimum absolute atomic E-state index is 0.175. The highest BCUT2D eigenvalue weighted by atomic mass is 19.1. The third-order valence-electron chi connectivity index (χ3n) is 2.06. The fourth-order valence-corrected chi connectivity index (χ4v) is 1.15. The first-order valence-electron chi connectivity index (χ1n) is 4.23. The van der Waals surface area contributed by atoms with Gasteiger partial charge in [-0.15, -0.1) is 6.58 Å². The molecular weight excluding hydrogens is 163 g/mol. The van der Waals surface area contributed by atoms with Crippen LogP contribution in [0.25, 0.3) is 6.08 Å². The molecule has 0 spiro atoms. The van der Waals surface area contributed by atoms with Gasteiger partial charge < -0.3 is 0 Å². The van der Waals surface area contributed by atoms with E-state index in [1.165, 1.54) is 12.1 Å². The smallest absolute Gasteiger partial charge is 0.124 e. The fraction of sp³-hybridized carbons (Fsp3) is 0.167. The van der Waals surface area contributed by atoms with Gasteiger partial charge in [0.15, 0.2) is 0 Å². The maximum Gasteiger partial charge on any atom is 0.124 e. The number of hydrogen-bond acceptors (Lipinski definition) is 0. The average molecular weight is 176 g/mol. The Kier molecular flexibility index (Phi) is 3.02. The molecule has 0 saturated carbocycles. The standard InChI is InChI=1S/C12H13F/c1-4-9(3)11-6-10(5-2)7-12(13)8-11/h4-9H,1-2H2,3H3. The topological polar surface area (TPSA) is 0 Å². The molecule has 0 nitrogen and oxygen atoms in total. The van der Waals surface area contributed by atoms with Gasteiger partial charge in [-0.25, -0.2) is 4.39 Å². The summed E-state index contributed by atoms with van der Waals surface area (Å²) in [6, 6.07) is 4.91. The zero-order chi connectivity index (χ0) is 9.84. The van der Waals surface area contributed by atoms with Crippen molar-refractivity contribution >= 4 is 6.08 Å². The van der Waals surface area contributed by atoms with Crippen molar-refractivity contribution in [2.75, 3.05) is 0 Å². The Balaban J connectivity index is 3.14. The molecule has 0 aromatic heterocycles. The Labute approximate surface area is 78.4 Å². The largest absolute Gasteiger partial charge is 0.207 e. The van der Waals surface area contributed by atoms with E-state index in [1.807, 2.05) is 13.0 Å². The molecule has 0 aliphatic carbocycles. The number of allylic oxidation sites excluding steroid dienone is 1. The molecule has 0 N–H and O–H groups in total. The van der Waals surface area contributed by atoms with Crippen LogP contribution in [0, 0.1) is 5.82 Å². The molecule has 1 aromatic rings. The summed E-state index contributed by atoms with van der Waals surface area (Å²) in [5, 5.41) is 0. The summed E-state index contributed by atoms with van der Waals surface area (Å²) in [5.41, 5.74) is 1.74. The third-order valence-corrected chi connectivity index (χ3v) is 2.06. The van der Waals surface area contributed by atoms with E-state index < -0.39 is 0 Å². The second kappa shape index (κ2) is 4.04. The molecule has 1 aromatic carbocycles. The summed E-state index contributed by atoms with van der Waals surface area (Å²) in [6.45, 7) is 9.26. The molecule has 0 heterocycles. The highest BCUT2D eigenvalue weighted by Crippen LogP contribution is 2.19. The molecule has 0 aliphatic rings. The van der Waals surface area contributed by atoms with E-state index in [-0.39, 0.29) is 11.7 Å². The van der Waals surface area contributed by atoms with Gasteiger partial charge in [0.05, 0.1) is 0 Å². The van der Waals surface area contributed by atoms with Crippen molar-refractivity contribution in [1.82, 2.24) is 0 Å². The summed E-state index contributed by atoms with van der Waals surface area (Å²) < 4.78 is 13.0. The molecule has 0 amide bonds. The number of halogens is 1.